The third-order valence-electron chi connectivity index (χ3n) is 2.64. The summed E-state index contributed by atoms with van der Waals surface area (Å²) in [5.41, 5.74) is -1.33. The molecule has 4 atom stereocenters. The van der Waals surface area contributed by atoms with Crippen molar-refractivity contribution in [2.75, 3.05) is 6.61 Å². The average Bonchev–Trinajstić information content (AvgIpc) is 2.57. The van der Waals surface area contributed by atoms with Gasteiger partial charge in [-0.1, -0.05) is 0 Å². The predicted molar refractivity (Wildman–Crippen MR) is 57.9 cm³/mol. The first-order chi connectivity index (χ1) is 8.04. The zero-order chi connectivity index (χ0) is 12.6. The predicted octanol–water partition coefficient (Wildman–Crippen LogP) is -3.68. The third-order valence-corrected chi connectivity index (χ3v) is 2.64. The topological polar surface area (TPSA) is 156 Å². The van der Waals surface area contributed by atoms with E-state index in [4.69, 9.17) is 9.84 Å². The molecule has 9 heteroatoms. The van der Waals surface area contributed by atoms with Gasteiger partial charge < -0.3 is 25.5 Å². The standard InChI is InChI=1S/C9H12N2O6.H2O/c12-3-4-6(14)7(15)8(17-4)11-2-1-5(13)10-9(11)16;/h1-2,4,6-8,12,14-15H,3H2,(H,10,13,16);1H2/t4-,6+,7-,8-;/m1./s1. The molecule has 0 spiro atoms. The Hall–Kier alpha value is -1.52. The Kier molecular flexibility index (Phi) is 4.38. The number of nitrogens with one attached hydrogen (secondary N) is 1. The largest absolute Gasteiger partial charge is 0.412 e. The molecule has 0 bridgehead atoms. The molecule has 0 aliphatic carbocycles. The number of aromatic nitrogens is 2. The molecule has 1 fully saturated rings. The SMILES string of the molecule is O.O=c1ccn([C@@H]2O[C@H](CO)[C@H](O)[C@H]2O)c(=O)[nH]1. The van der Waals surface area contributed by atoms with E-state index in [1.54, 1.807) is 0 Å². The van der Waals surface area contributed by atoms with Crippen LogP contribution in [0.2, 0.25) is 0 Å². The number of aliphatic hydroxyl groups is 3. The number of rotatable bonds is 2. The van der Waals surface area contributed by atoms with Crippen molar-refractivity contribution in [3.63, 3.8) is 0 Å². The molecule has 0 aromatic carbocycles. The fourth-order valence-electron chi connectivity index (χ4n) is 1.74. The molecule has 0 unspecified atom stereocenters. The van der Waals surface area contributed by atoms with Crippen molar-refractivity contribution < 1.29 is 25.5 Å². The van der Waals surface area contributed by atoms with E-state index in [1.807, 2.05) is 4.98 Å². The lowest BCUT2D eigenvalue weighted by atomic mass is 10.1. The van der Waals surface area contributed by atoms with Crippen molar-refractivity contribution in [3.8, 4) is 0 Å². The van der Waals surface area contributed by atoms with E-state index < -0.39 is 42.4 Å². The number of ether oxygens (including phenoxy) is 1. The average molecular weight is 262 g/mol. The molecule has 1 saturated heterocycles. The molecule has 0 radical (unpaired) electrons. The van der Waals surface area contributed by atoms with Crippen LogP contribution in [-0.4, -0.2) is 55.3 Å². The van der Waals surface area contributed by atoms with Gasteiger partial charge in [0.05, 0.1) is 6.61 Å². The number of nitrogens with zero attached hydrogens (tertiary/aromatic N) is 1. The quantitative estimate of drug-likeness (QED) is 0.430. The molecule has 9 nitrogen and oxygen atoms in total. The third kappa shape index (κ3) is 2.35. The lowest BCUT2D eigenvalue weighted by molar-refractivity contribution is -0.0550. The minimum Gasteiger partial charge on any atom is -0.412 e. The molecule has 1 aromatic rings. The van der Waals surface area contributed by atoms with E-state index >= 15 is 0 Å². The molecule has 0 saturated carbocycles. The van der Waals surface area contributed by atoms with Crippen LogP contribution < -0.4 is 11.2 Å². The highest BCUT2D eigenvalue weighted by atomic mass is 16.6. The smallest absolute Gasteiger partial charge is 0.330 e. The monoisotopic (exact) mass is 262 g/mol. The molecule has 0 amide bonds. The molecule has 2 heterocycles. The Morgan fingerprint density at radius 3 is 2.50 bits per heavy atom. The van der Waals surface area contributed by atoms with E-state index in [0.29, 0.717) is 0 Å². The Labute approximate surface area is 100 Å². The lowest BCUT2D eigenvalue weighted by Gasteiger charge is -2.16. The van der Waals surface area contributed by atoms with Gasteiger partial charge in [0.1, 0.15) is 18.3 Å². The minimum atomic E-state index is -1.35. The van der Waals surface area contributed by atoms with Gasteiger partial charge >= 0.3 is 5.69 Å². The van der Waals surface area contributed by atoms with Crippen LogP contribution in [0.1, 0.15) is 6.23 Å². The van der Waals surface area contributed by atoms with Crippen LogP contribution in [0.4, 0.5) is 0 Å². The van der Waals surface area contributed by atoms with Crippen LogP contribution in [0.25, 0.3) is 0 Å². The van der Waals surface area contributed by atoms with Gasteiger partial charge in [-0.2, -0.15) is 0 Å². The number of aromatic amines is 1. The van der Waals surface area contributed by atoms with E-state index in [9.17, 15) is 19.8 Å². The summed E-state index contributed by atoms with van der Waals surface area (Å²) in [4.78, 5) is 24.3. The summed E-state index contributed by atoms with van der Waals surface area (Å²) in [6.07, 6.45) is -3.58. The lowest BCUT2D eigenvalue weighted by Crippen LogP contribution is -2.37. The first-order valence-corrected chi connectivity index (χ1v) is 4.98. The summed E-state index contributed by atoms with van der Waals surface area (Å²) in [7, 11) is 0. The minimum absolute atomic E-state index is 0. The first kappa shape index (κ1) is 14.5. The summed E-state index contributed by atoms with van der Waals surface area (Å²) < 4.78 is 6.08. The van der Waals surface area contributed by atoms with E-state index in [1.165, 1.54) is 0 Å². The van der Waals surface area contributed by atoms with E-state index in [2.05, 4.69) is 0 Å². The van der Waals surface area contributed by atoms with Crippen molar-refractivity contribution in [1.29, 1.82) is 0 Å². The Morgan fingerprint density at radius 2 is 2.00 bits per heavy atom. The number of aliphatic hydroxyl groups excluding tert-OH is 3. The van der Waals surface area contributed by atoms with Gasteiger partial charge in [0.25, 0.3) is 5.56 Å². The van der Waals surface area contributed by atoms with Crippen molar-refractivity contribution in [2.24, 2.45) is 0 Å². The van der Waals surface area contributed by atoms with Gasteiger partial charge in [-0.15, -0.1) is 0 Å². The molecule has 6 N–H and O–H groups in total. The van der Waals surface area contributed by atoms with Crippen LogP contribution in [0.3, 0.4) is 0 Å². The molecular formula is C9H14N2O7. The van der Waals surface area contributed by atoms with Crippen LogP contribution in [0, 0.1) is 0 Å². The van der Waals surface area contributed by atoms with Crippen molar-refractivity contribution in [3.05, 3.63) is 33.1 Å². The van der Waals surface area contributed by atoms with Crippen molar-refractivity contribution >= 4 is 0 Å². The van der Waals surface area contributed by atoms with Crippen LogP contribution in [-0.2, 0) is 4.74 Å². The number of hydrogen-bond acceptors (Lipinski definition) is 6. The molecule has 1 aliphatic rings. The maximum absolute atomic E-state index is 11.4. The summed E-state index contributed by atoms with van der Waals surface area (Å²) in [5, 5.41) is 28.1. The highest BCUT2D eigenvalue weighted by Gasteiger charge is 2.43. The molecule has 102 valence electrons. The Morgan fingerprint density at radius 1 is 1.33 bits per heavy atom. The summed E-state index contributed by atoms with van der Waals surface area (Å²) in [6, 6.07) is 1.09. The summed E-state index contributed by atoms with van der Waals surface area (Å²) in [6.45, 7) is -0.479. The number of hydrogen-bond donors (Lipinski definition) is 4. The van der Waals surface area contributed by atoms with Gasteiger partial charge in [-0.05, 0) is 0 Å². The molecular weight excluding hydrogens is 248 g/mol. The maximum Gasteiger partial charge on any atom is 0.330 e. The van der Waals surface area contributed by atoms with Gasteiger partial charge in [-0.25, -0.2) is 4.79 Å². The van der Waals surface area contributed by atoms with E-state index in [-0.39, 0.29) is 5.48 Å². The Balaban J connectivity index is 0.00000162. The van der Waals surface area contributed by atoms with Crippen LogP contribution >= 0.6 is 0 Å². The van der Waals surface area contributed by atoms with Gasteiger partial charge in [0, 0.05) is 12.3 Å². The van der Waals surface area contributed by atoms with Crippen LogP contribution in [0.5, 0.6) is 0 Å². The highest BCUT2D eigenvalue weighted by molar-refractivity contribution is 4.92. The first-order valence-electron chi connectivity index (χ1n) is 4.98. The zero-order valence-corrected chi connectivity index (χ0v) is 9.18. The van der Waals surface area contributed by atoms with Crippen LogP contribution in [0.15, 0.2) is 21.9 Å². The normalized spacial score (nSPS) is 31.1. The molecule has 2 rings (SSSR count). The molecule has 18 heavy (non-hydrogen) atoms. The maximum atomic E-state index is 11.4. The fraction of sp³-hybridized carbons (Fsp3) is 0.556. The Bertz CT molecular complexity index is 510. The van der Waals surface area contributed by atoms with E-state index in [0.717, 1.165) is 16.8 Å². The fourth-order valence-corrected chi connectivity index (χ4v) is 1.74. The van der Waals surface area contributed by atoms with Crippen molar-refractivity contribution in [1.82, 2.24) is 9.55 Å². The summed E-state index contributed by atoms with van der Waals surface area (Å²) in [5.74, 6) is 0. The van der Waals surface area contributed by atoms with Gasteiger partial charge in [0.2, 0.25) is 0 Å². The zero-order valence-electron chi connectivity index (χ0n) is 9.18. The van der Waals surface area contributed by atoms with Gasteiger partial charge in [-0.3, -0.25) is 14.3 Å². The number of H-pyrrole nitrogens is 1. The second-order valence-corrected chi connectivity index (χ2v) is 3.75. The van der Waals surface area contributed by atoms with Crippen molar-refractivity contribution in [2.45, 2.75) is 24.5 Å². The summed E-state index contributed by atoms with van der Waals surface area (Å²) >= 11 is 0. The molecule has 1 aliphatic heterocycles. The second kappa shape index (κ2) is 5.42. The van der Waals surface area contributed by atoms with Gasteiger partial charge in [0.15, 0.2) is 6.23 Å². The second-order valence-electron chi connectivity index (χ2n) is 3.75. The molecule has 1 aromatic heterocycles. The highest BCUT2D eigenvalue weighted by Crippen LogP contribution is 2.27.